The summed E-state index contributed by atoms with van der Waals surface area (Å²) in [6.07, 6.45) is 8.00. The molecule has 0 aliphatic carbocycles. The van der Waals surface area contributed by atoms with Crippen LogP contribution >= 0.6 is 11.6 Å². The average Bonchev–Trinajstić information content (AvgIpc) is 2.47. The quantitative estimate of drug-likeness (QED) is 0.644. The molecule has 20 heavy (non-hydrogen) atoms. The number of halogens is 1. The van der Waals surface area contributed by atoms with Gasteiger partial charge >= 0.3 is 5.63 Å². The minimum absolute atomic E-state index is 0.286. The van der Waals surface area contributed by atoms with E-state index < -0.39 is 0 Å². The summed E-state index contributed by atoms with van der Waals surface area (Å²) >= 11 is 6.34. The van der Waals surface area contributed by atoms with Gasteiger partial charge in [-0.3, -0.25) is 0 Å². The topological polar surface area (TPSA) is 30.2 Å². The highest BCUT2D eigenvalue weighted by Gasteiger charge is 2.11. The van der Waals surface area contributed by atoms with Crippen LogP contribution in [-0.4, -0.2) is 0 Å². The normalized spacial score (nSPS) is 11.1. The van der Waals surface area contributed by atoms with Gasteiger partial charge in [0.25, 0.3) is 0 Å². The summed E-state index contributed by atoms with van der Waals surface area (Å²) in [7, 11) is 0. The van der Waals surface area contributed by atoms with Crippen molar-refractivity contribution in [2.75, 3.05) is 0 Å². The lowest BCUT2D eigenvalue weighted by atomic mass is 10.1. The van der Waals surface area contributed by atoms with Gasteiger partial charge in [-0.05, 0) is 12.5 Å². The zero-order chi connectivity index (χ0) is 14.4. The molecule has 0 fully saturated rings. The zero-order valence-electron chi connectivity index (χ0n) is 12.0. The number of benzene rings is 1. The van der Waals surface area contributed by atoms with Gasteiger partial charge < -0.3 is 4.42 Å². The van der Waals surface area contributed by atoms with Crippen molar-refractivity contribution >= 4 is 22.4 Å². The van der Waals surface area contributed by atoms with Gasteiger partial charge in [0.2, 0.25) is 0 Å². The van der Waals surface area contributed by atoms with Crippen LogP contribution in [0.2, 0.25) is 5.02 Å². The zero-order valence-corrected chi connectivity index (χ0v) is 12.7. The summed E-state index contributed by atoms with van der Waals surface area (Å²) < 4.78 is 5.36. The lowest BCUT2D eigenvalue weighted by Gasteiger charge is -2.06. The molecule has 0 aliphatic heterocycles. The molecule has 1 heterocycles. The lowest BCUT2D eigenvalue weighted by Crippen LogP contribution is -2.03. The molecule has 0 saturated heterocycles. The van der Waals surface area contributed by atoms with E-state index in [1.165, 1.54) is 25.7 Å². The molecule has 0 bridgehead atoms. The van der Waals surface area contributed by atoms with Gasteiger partial charge in [-0.2, -0.15) is 0 Å². The van der Waals surface area contributed by atoms with Crippen molar-refractivity contribution in [3.63, 3.8) is 0 Å². The Hall–Kier alpha value is -1.28. The molecule has 3 heteroatoms. The van der Waals surface area contributed by atoms with Gasteiger partial charge in [0.15, 0.2) is 0 Å². The van der Waals surface area contributed by atoms with Crippen LogP contribution < -0.4 is 5.63 Å². The second-order valence-electron chi connectivity index (χ2n) is 5.19. The van der Waals surface area contributed by atoms with E-state index in [9.17, 15) is 4.79 Å². The van der Waals surface area contributed by atoms with Gasteiger partial charge in [0, 0.05) is 11.8 Å². The Morgan fingerprint density at radius 3 is 2.40 bits per heavy atom. The van der Waals surface area contributed by atoms with Crippen molar-refractivity contribution < 1.29 is 4.42 Å². The molecule has 1 aromatic heterocycles. The SMILES string of the molecule is CCCCCCCCc1oc(=O)c2ccccc2c1Cl. The van der Waals surface area contributed by atoms with Crippen molar-refractivity contribution in [2.45, 2.75) is 51.9 Å². The molecule has 1 aromatic carbocycles. The van der Waals surface area contributed by atoms with Crippen molar-refractivity contribution in [1.29, 1.82) is 0 Å². The fraction of sp³-hybridized carbons (Fsp3) is 0.471. The van der Waals surface area contributed by atoms with Crippen molar-refractivity contribution in [3.8, 4) is 0 Å². The van der Waals surface area contributed by atoms with Crippen LogP contribution in [0.1, 0.15) is 51.2 Å². The third kappa shape index (κ3) is 3.63. The molecule has 0 N–H and O–H groups in total. The van der Waals surface area contributed by atoms with Gasteiger partial charge in [-0.15, -0.1) is 0 Å². The summed E-state index contributed by atoms with van der Waals surface area (Å²) in [4.78, 5) is 11.9. The third-order valence-corrected chi connectivity index (χ3v) is 4.02. The summed E-state index contributed by atoms with van der Waals surface area (Å²) in [5.74, 6) is 0.630. The van der Waals surface area contributed by atoms with Gasteiger partial charge in [-0.25, -0.2) is 4.79 Å². The van der Waals surface area contributed by atoms with E-state index in [-0.39, 0.29) is 5.63 Å². The number of unbranched alkanes of at least 4 members (excludes halogenated alkanes) is 5. The Kier molecular flexibility index (Phi) is 5.66. The second-order valence-corrected chi connectivity index (χ2v) is 5.57. The van der Waals surface area contributed by atoms with Crippen LogP contribution in [0.25, 0.3) is 10.8 Å². The van der Waals surface area contributed by atoms with E-state index in [4.69, 9.17) is 16.0 Å². The first-order valence-corrected chi connectivity index (χ1v) is 7.82. The minimum Gasteiger partial charge on any atom is -0.426 e. The third-order valence-electron chi connectivity index (χ3n) is 3.60. The molecule has 0 radical (unpaired) electrons. The van der Waals surface area contributed by atoms with Crippen molar-refractivity contribution in [2.24, 2.45) is 0 Å². The van der Waals surface area contributed by atoms with E-state index in [2.05, 4.69) is 6.92 Å². The highest BCUT2D eigenvalue weighted by Crippen LogP contribution is 2.26. The first kappa shape index (κ1) is 15.1. The van der Waals surface area contributed by atoms with Crippen LogP contribution in [0.4, 0.5) is 0 Å². The van der Waals surface area contributed by atoms with Crippen LogP contribution in [0.3, 0.4) is 0 Å². The van der Waals surface area contributed by atoms with Crippen LogP contribution in [0.5, 0.6) is 0 Å². The summed E-state index contributed by atoms with van der Waals surface area (Å²) in [6.45, 7) is 2.21. The molecule has 108 valence electrons. The number of hydrogen-bond donors (Lipinski definition) is 0. The maximum absolute atomic E-state index is 11.9. The van der Waals surface area contributed by atoms with Crippen molar-refractivity contribution in [1.82, 2.24) is 0 Å². The Balaban J connectivity index is 2.04. The summed E-state index contributed by atoms with van der Waals surface area (Å²) in [5.41, 5.74) is -0.286. The van der Waals surface area contributed by atoms with Crippen LogP contribution in [0.15, 0.2) is 33.5 Å². The Bertz CT molecular complexity index is 616. The number of hydrogen-bond acceptors (Lipinski definition) is 2. The molecule has 2 aromatic rings. The Morgan fingerprint density at radius 2 is 1.65 bits per heavy atom. The van der Waals surface area contributed by atoms with E-state index in [0.29, 0.717) is 16.2 Å². The molecule has 2 rings (SSSR count). The highest BCUT2D eigenvalue weighted by atomic mass is 35.5. The predicted octanol–water partition coefficient (Wildman–Crippen LogP) is 5.35. The fourth-order valence-corrected chi connectivity index (χ4v) is 2.74. The minimum atomic E-state index is -0.286. The number of rotatable bonds is 7. The van der Waals surface area contributed by atoms with E-state index in [0.717, 1.165) is 24.6 Å². The standard InChI is InChI=1S/C17H21ClO2/c1-2-3-4-5-6-7-12-15-16(18)13-10-8-9-11-14(13)17(19)20-15/h8-11H,2-7,12H2,1H3. The molecular formula is C17H21ClO2. The number of aryl methyl sites for hydroxylation is 1. The van der Waals surface area contributed by atoms with Gasteiger partial charge in [-0.1, -0.05) is 68.8 Å². The molecule has 0 unspecified atom stereocenters. The van der Waals surface area contributed by atoms with E-state index in [1.54, 1.807) is 6.07 Å². The fourth-order valence-electron chi connectivity index (χ4n) is 2.44. The van der Waals surface area contributed by atoms with Crippen molar-refractivity contribution in [3.05, 3.63) is 45.5 Å². The first-order chi connectivity index (χ1) is 9.74. The smallest absolute Gasteiger partial charge is 0.343 e. The largest absolute Gasteiger partial charge is 0.426 e. The lowest BCUT2D eigenvalue weighted by molar-refractivity contribution is 0.455. The molecule has 0 atom stereocenters. The van der Waals surface area contributed by atoms with E-state index in [1.807, 2.05) is 18.2 Å². The molecule has 0 saturated carbocycles. The molecule has 0 aliphatic rings. The first-order valence-electron chi connectivity index (χ1n) is 7.44. The summed E-state index contributed by atoms with van der Waals surface area (Å²) in [5, 5.41) is 1.95. The Labute approximate surface area is 124 Å². The maximum atomic E-state index is 11.9. The predicted molar refractivity (Wildman–Crippen MR) is 84.6 cm³/mol. The molecule has 0 spiro atoms. The van der Waals surface area contributed by atoms with E-state index >= 15 is 0 Å². The monoisotopic (exact) mass is 292 g/mol. The summed E-state index contributed by atoms with van der Waals surface area (Å²) in [6, 6.07) is 7.34. The average molecular weight is 293 g/mol. The highest BCUT2D eigenvalue weighted by molar-refractivity contribution is 6.35. The molecular weight excluding hydrogens is 272 g/mol. The molecule has 0 amide bonds. The Morgan fingerprint density at radius 1 is 1.00 bits per heavy atom. The van der Waals surface area contributed by atoms with Gasteiger partial charge in [0.1, 0.15) is 5.76 Å². The number of fused-ring (bicyclic) bond motifs is 1. The van der Waals surface area contributed by atoms with Gasteiger partial charge in [0.05, 0.1) is 10.4 Å². The second kappa shape index (κ2) is 7.49. The van der Waals surface area contributed by atoms with Crippen LogP contribution in [-0.2, 0) is 6.42 Å². The molecule has 2 nitrogen and oxygen atoms in total. The maximum Gasteiger partial charge on any atom is 0.343 e. The van der Waals surface area contributed by atoms with Crippen LogP contribution in [0, 0.1) is 0 Å².